The SMILES string of the molecule is CCn1nc2cc(N3CCCc4cc(C(=O)N5CCC(F)(F)C(C)C5)cnc43)ccn2c1=O. The third-order valence-electron chi connectivity index (χ3n) is 6.67. The average molecular weight is 456 g/mol. The summed E-state index contributed by atoms with van der Waals surface area (Å²) in [5, 5.41) is 4.36. The molecule has 5 rings (SSSR count). The number of piperidine rings is 1. The highest BCUT2D eigenvalue weighted by Crippen LogP contribution is 2.35. The maximum Gasteiger partial charge on any atom is 0.350 e. The lowest BCUT2D eigenvalue weighted by molar-refractivity contribution is -0.0921. The molecule has 10 heteroatoms. The molecular formula is C23H26F2N6O2. The minimum absolute atomic E-state index is 0.0405. The van der Waals surface area contributed by atoms with Crippen molar-refractivity contribution in [3.8, 4) is 0 Å². The van der Waals surface area contributed by atoms with Gasteiger partial charge in [0, 0.05) is 62.7 Å². The van der Waals surface area contributed by atoms with Crippen LogP contribution in [0.5, 0.6) is 0 Å². The fourth-order valence-corrected chi connectivity index (χ4v) is 4.67. The van der Waals surface area contributed by atoms with Crippen molar-refractivity contribution in [3.05, 3.63) is 52.2 Å². The maximum atomic E-state index is 13.8. The van der Waals surface area contributed by atoms with E-state index in [4.69, 9.17) is 0 Å². The first kappa shape index (κ1) is 21.5. The molecule has 0 radical (unpaired) electrons. The van der Waals surface area contributed by atoms with Crippen LogP contribution in [-0.2, 0) is 13.0 Å². The summed E-state index contributed by atoms with van der Waals surface area (Å²) in [5.41, 5.74) is 2.63. The fourth-order valence-electron chi connectivity index (χ4n) is 4.67. The third kappa shape index (κ3) is 3.67. The molecule has 33 heavy (non-hydrogen) atoms. The standard InChI is InChI=1S/C23H26F2N6O2/c1-3-31-22(33)30-9-6-18(12-19(30)27-31)29-8-4-5-16-11-17(13-26-20(16)29)21(32)28-10-7-23(24,25)15(2)14-28/h6,9,11-13,15H,3-5,7-8,10,14H2,1-2H3. The van der Waals surface area contributed by atoms with Crippen LogP contribution in [-0.4, -0.2) is 55.5 Å². The van der Waals surface area contributed by atoms with E-state index in [1.807, 2.05) is 25.1 Å². The average Bonchev–Trinajstić information content (AvgIpc) is 3.14. The Bertz CT molecular complexity index is 1280. The van der Waals surface area contributed by atoms with Crippen molar-refractivity contribution >= 4 is 23.1 Å². The Labute approximate surface area is 189 Å². The second kappa shape index (κ2) is 7.93. The number of aromatic nitrogens is 4. The zero-order valence-electron chi connectivity index (χ0n) is 18.7. The minimum atomic E-state index is -2.73. The van der Waals surface area contributed by atoms with Crippen molar-refractivity contribution in [1.82, 2.24) is 24.1 Å². The van der Waals surface area contributed by atoms with Crippen LogP contribution in [0.3, 0.4) is 0 Å². The molecule has 1 saturated heterocycles. The summed E-state index contributed by atoms with van der Waals surface area (Å²) in [7, 11) is 0. The van der Waals surface area contributed by atoms with Crippen LogP contribution in [0.1, 0.15) is 42.6 Å². The Morgan fingerprint density at radius 3 is 2.85 bits per heavy atom. The van der Waals surface area contributed by atoms with Crippen LogP contribution in [0.4, 0.5) is 20.3 Å². The van der Waals surface area contributed by atoms with Gasteiger partial charge in [0.2, 0.25) is 0 Å². The van der Waals surface area contributed by atoms with Crippen molar-refractivity contribution in [2.75, 3.05) is 24.5 Å². The molecule has 0 spiro atoms. The molecule has 1 amide bonds. The van der Waals surface area contributed by atoms with Crippen molar-refractivity contribution < 1.29 is 13.6 Å². The van der Waals surface area contributed by atoms with Gasteiger partial charge in [-0.25, -0.2) is 23.2 Å². The van der Waals surface area contributed by atoms with E-state index in [9.17, 15) is 18.4 Å². The number of nitrogens with zero attached hydrogens (tertiary/aromatic N) is 6. The van der Waals surface area contributed by atoms with Gasteiger partial charge in [-0.15, -0.1) is 5.10 Å². The minimum Gasteiger partial charge on any atom is -0.338 e. The van der Waals surface area contributed by atoms with Crippen molar-refractivity contribution in [3.63, 3.8) is 0 Å². The van der Waals surface area contributed by atoms with E-state index >= 15 is 0 Å². The quantitative estimate of drug-likeness (QED) is 0.606. The first-order chi connectivity index (χ1) is 15.8. The van der Waals surface area contributed by atoms with Gasteiger partial charge in [0.05, 0.1) is 5.56 Å². The van der Waals surface area contributed by atoms with Gasteiger partial charge in [-0.05, 0) is 37.5 Å². The highest BCUT2D eigenvalue weighted by Gasteiger charge is 2.42. The lowest BCUT2D eigenvalue weighted by atomic mass is 9.95. The summed E-state index contributed by atoms with van der Waals surface area (Å²) in [6.07, 6.45) is 4.59. The third-order valence-corrected chi connectivity index (χ3v) is 6.67. The van der Waals surface area contributed by atoms with Gasteiger partial charge >= 0.3 is 5.69 Å². The van der Waals surface area contributed by atoms with Crippen molar-refractivity contribution in [2.24, 2.45) is 5.92 Å². The number of carbonyl (C=O) groups is 1. The highest BCUT2D eigenvalue weighted by molar-refractivity contribution is 5.94. The van der Waals surface area contributed by atoms with E-state index in [1.165, 1.54) is 27.1 Å². The number of amides is 1. The smallest absolute Gasteiger partial charge is 0.338 e. The molecule has 174 valence electrons. The van der Waals surface area contributed by atoms with Crippen molar-refractivity contribution in [1.29, 1.82) is 0 Å². The molecule has 1 fully saturated rings. The predicted molar refractivity (Wildman–Crippen MR) is 119 cm³/mol. The number of likely N-dealkylation sites (tertiary alicyclic amines) is 1. The molecule has 1 unspecified atom stereocenters. The Morgan fingerprint density at radius 1 is 1.27 bits per heavy atom. The molecule has 3 aromatic heterocycles. The number of halogens is 2. The summed E-state index contributed by atoms with van der Waals surface area (Å²) < 4.78 is 30.6. The van der Waals surface area contributed by atoms with Crippen LogP contribution < -0.4 is 10.6 Å². The summed E-state index contributed by atoms with van der Waals surface area (Å²) >= 11 is 0. The van der Waals surface area contributed by atoms with Crippen LogP contribution in [0.15, 0.2) is 35.4 Å². The second-order valence-corrected chi connectivity index (χ2v) is 8.84. The summed E-state index contributed by atoms with van der Waals surface area (Å²) in [6, 6.07) is 5.56. The van der Waals surface area contributed by atoms with Gasteiger partial charge in [0.1, 0.15) is 5.82 Å². The van der Waals surface area contributed by atoms with Crippen LogP contribution in [0.2, 0.25) is 0 Å². The Balaban J connectivity index is 1.43. The summed E-state index contributed by atoms with van der Waals surface area (Å²) in [4.78, 5) is 33.4. The van der Waals surface area contributed by atoms with Gasteiger partial charge in [-0.2, -0.15) is 0 Å². The van der Waals surface area contributed by atoms with Crippen LogP contribution in [0.25, 0.3) is 5.65 Å². The summed E-state index contributed by atoms with van der Waals surface area (Å²) in [6.45, 7) is 4.68. The topological polar surface area (TPSA) is 75.7 Å². The van der Waals surface area contributed by atoms with E-state index in [1.54, 1.807) is 6.20 Å². The zero-order chi connectivity index (χ0) is 23.3. The summed E-state index contributed by atoms with van der Waals surface area (Å²) in [5.74, 6) is -3.09. The Kier molecular flexibility index (Phi) is 5.18. The number of rotatable bonds is 3. The van der Waals surface area contributed by atoms with Gasteiger partial charge in [-0.3, -0.25) is 9.20 Å². The molecule has 8 nitrogen and oxygen atoms in total. The molecule has 2 aliphatic heterocycles. The Morgan fingerprint density at radius 2 is 2.09 bits per heavy atom. The van der Waals surface area contributed by atoms with E-state index in [0.717, 1.165) is 36.5 Å². The largest absolute Gasteiger partial charge is 0.350 e. The molecule has 2 aliphatic rings. The van der Waals surface area contributed by atoms with Gasteiger partial charge in [0.25, 0.3) is 11.8 Å². The van der Waals surface area contributed by atoms with E-state index in [-0.39, 0.29) is 31.1 Å². The van der Waals surface area contributed by atoms with E-state index in [0.29, 0.717) is 17.8 Å². The lowest BCUT2D eigenvalue weighted by Crippen LogP contribution is -2.48. The first-order valence-corrected chi connectivity index (χ1v) is 11.3. The van der Waals surface area contributed by atoms with Crippen LogP contribution >= 0.6 is 0 Å². The molecule has 0 N–H and O–H groups in total. The fraction of sp³-hybridized carbons (Fsp3) is 0.478. The van der Waals surface area contributed by atoms with Gasteiger partial charge in [0.15, 0.2) is 5.65 Å². The van der Waals surface area contributed by atoms with Crippen LogP contribution in [0, 0.1) is 5.92 Å². The molecule has 0 aliphatic carbocycles. The monoisotopic (exact) mass is 456 g/mol. The predicted octanol–water partition coefficient (Wildman–Crippen LogP) is 3.11. The zero-order valence-corrected chi connectivity index (χ0v) is 18.7. The molecular weight excluding hydrogens is 430 g/mol. The van der Waals surface area contributed by atoms with Gasteiger partial charge < -0.3 is 9.80 Å². The second-order valence-electron chi connectivity index (χ2n) is 8.84. The van der Waals surface area contributed by atoms with Crippen molar-refractivity contribution in [2.45, 2.75) is 45.6 Å². The highest BCUT2D eigenvalue weighted by atomic mass is 19.3. The first-order valence-electron chi connectivity index (χ1n) is 11.3. The number of aryl methyl sites for hydroxylation is 2. The molecule has 5 heterocycles. The number of hydrogen-bond acceptors (Lipinski definition) is 5. The number of hydrogen-bond donors (Lipinski definition) is 0. The lowest BCUT2D eigenvalue weighted by Gasteiger charge is -2.37. The van der Waals surface area contributed by atoms with Gasteiger partial charge in [-0.1, -0.05) is 6.92 Å². The number of fused-ring (bicyclic) bond motifs is 2. The number of pyridine rings is 2. The number of anilines is 2. The number of carbonyl (C=O) groups excluding carboxylic acids is 1. The maximum absolute atomic E-state index is 13.8. The number of alkyl halides is 2. The van der Waals surface area contributed by atoms with E-state index in [2.05, 4.69) is 15.0 Å². The van der Waals surface area contributed by atoms with E-state index < -0.39 is 11.8 Å². The molecule has 0 aromatic carbocycles. The Hall–Kier alpha value is -3.30. The molecule has 0 bridgehead atoms. The molecule has 3 aromatic rings. The molecule has 0 saturated carbocycles. The normalized spacial score (nSPS) is 20.2. The molecule has 1 atom stereocenters.